The number of rotatable bonds is 2. The van der Waals surface area contributed by atoms with E-state index in [2.05, 4.69) is 20.3 Å². The summed E-state index contributed by atoms with van der Waals surface area (Å²) in [6.45, 7) is 1.99. The van der Waals surface area contributed by atoms with Crippen molar-refractivity contribution >= 4 is 0 Å². The molecule has 1 aliphatic carbocycles. The molecule has 0 radical (unpaired) electrons. The predicted molar refractivity (Wildman–Crippen MR) is 63.3 cm³/mol. The van der Waals surface area contributed by atoms with E-state index in [1.165, 1.54) is 0 Å². The second-order valence-electron chi connectivity index (χ2n) is 4.55. The van der Waals surface area contributed by atoms with Crippen molar-refractivity contribution in [2.75, 3.05) is 0 Å². The topological polar surface area (TPSA) is 84.7 Å². The van der Waals surface area contributed by atoms with Crippen LogP contribution in [0.2, 0.25) is 0 Å². The average Bonchev–Trinajstić information content (AvgIpc) is 2.86. The number of nitrogens with one attached hydrogen (secondary N) is 1. The highest BCUT2D eigenvalue weighted by molar-refractivity contribution is 5.23. The molecule has 0 spiro atoms. The molecule has 0 amide bonds. The summed E-state index contributed by atoms with van der Waals surface area (Å²) in [6, 6.07) is 1.62. The SMILES string of the molecule is CCc1noc([C@H]2CCc3n[nH]c(=O)cc3C2)n1. The third-order valence-electron chi connectivity index (χ3n) is 3.32. The van der Waals surface area contributed by atoms with Crippen molar-refractivity contribution in [2.45, 2.75) is 38.5 Å². The van der Waals surface area contributed by atoms with Gasteiger partial charge in [0.15, 0.2) is 5.82 Å². The normalized spacial score (nSPS) is 18.6. The summed E-state index contributed by atoms with van der Waals surface area (Å²) in [7, 11) is 0. The summed E-state index contributed by atoms with van der Waals surface area (Å²) in [5.41, 5.74) is 1.81. The van der Waals surface area contributed by atoms with E-state index in [4.69, 9.17) is 4.52 Å². The highest BCUT2D eigenvalue weighted by Gasteiger charge is 2.25. The van der Waals surface area contributed by atoms with Crippen LogP contribution in [0.4, 0.5) is 0 Å². The smallest absolute Gasteiger partial charge is 0.264 e. The zero-order valence-electron chi connectivity index (χ0n) is 10.1. The number of hydrogen-bond acceptors (Lipinski definition) is 5. The van der Waals surface area contributed by atoms with Crippen molar-refractivity contribution in [3.05, 3.63) is 39.4 Å². The Morgan fingerprint density at radius 2 is 2.44 bits per heavy atom. The fourth-order valence-electron chi connectivity index (χ4n) is 2.33. The zero-order valence-corrected chi connectivity index (χ0v) is 10.1. The standard InChI is InChI=1S/C12H14N4O2/c1-2-10-13-12(18-16-10)7-3-4-9-8(5-7)6-11(17)15-14-9/h6-7H,2-5H2,1H3,(H,15,17)/t7-/m0/s1. The molecule has 2 heterocycles. The number of aromatic amines is 1. The molecular formula is C12H14N4O2. The molecule has 0 unspecified atom stereocenters. The summed E-state index contributed by atoms with van der Waals surface area (Å²) < 4.78 is 5.27. The van der Waals surface area contributed by atoms with E-state index in [1.807, 2.05) is 6.92 Å². The zero-order chi connectivity index (χ0) is 12.5. The first-order valence-corrected chi connectivity index (χ1v) is 6.16. The van der Waals surface area contributed by atoms with Crippen LogP contribution in [0.25, 0.3) is 0 Å². The van der Waals surface area contributed by atoms with E-state index in [0.717, 1.165) is 42.8 Å². The molecule has 6 heteroatoms. The second-order valence-corrected chi connectivity index (χ2v) is 4.55. The highest BCUT2D eigenvalue weighted by Crippen LogP contribution is 2.29. The van der Waals surface area contributed by atoms with Gasteiger partial charge in [0.2, 0.25) is 5.89 Å². The molecule has 6 nitrogen and oxygen atoms in total. The predicted octanol–water partition coefficient (Wildman–Crippen LogP) is 0.988. The van der Waals surface area contributed by atoms with Gasteiger partial charge in [0.05, 0.1) is 5.69 Å². The Balaban J connectivity index is 1.87. The second kappa shape index (κ2) is 4.36. The Hall–Kier alpha value is -1.98. The summed E-state index contributed by atoms with van der Waals surface area (Å²) in [5, 5.41) is 10.4. The molecule has 0 saturated carbocycles. The fourth-order valence-corrected chi connectivity index (χ4v) is 2.33. The summed E-state index contributed by atoms with van der Waals surface area (Å²) in [4.78, 5) is 15.6. The number of hydrogen-bond donors (Lipinski definition) is 1. The van der Waals surface area contributed by atoms with E-state index in [9.17, 15) is 4.79 Å². The molecule has 1 aliphatic rings. The van der Waals surface area contributed by atoms with Crippen molar-refractivity contribution in [2.24, 2.45) is 0 Å². The first kappa shape index (κ1) is 11.1. The Morgan fingerprint density at radius 1 is 1.56 bits per heavy atom. The minimum absolute atomic E-state index is 0.158. The molecule has 18 heavy (non-hydrogen) atoms. The molecule has 1 N–H and O–H groups in total. The van der Waals surface area contributed by atoms with Crippen LogP contribution in [0.1, 0.15) is 42.2 Å². The van der Waals surface area contributed by atoms with Gasteiger partial charge in [0.25, 0.3) is 5.56 Å². The van der Waals surface area contributed by atoms with Crippen molar-refractivity contribution < 1.29 is 4.52 Å². The first-order valence-electron chi connectivity index (χ1n) is 6.16. The molecule has 1 atom stereocenters. The van der Waals surface area contributed by atoms with Crippen molar-refractivity contribution in [3.63, 3.8) is 0 Å². The average molecular weight is 246 g/mol. The highest BCUT2D eigenvalue weighted by atomic mass is 16.5. The van der Waals surface area contributed by atoms with Crippen LogP contribution in [0.3, 0.4) is 0 Å². The molecule has 0 aliphatic heterocycles. The minimum atomic E-state index is -0.158. The quantitative estimate of drug-likeness (QED) is 0.854. The molecule has 0 saturated heterocycles. The third kappa shape index (κ3) is 1.94. The van der Waals surface area contributed by atoms with Gasteiger partial charge in [-0.1, -0.05) is 12.1 Å². The van der Waals surface area contributed by atoms with E-state index in [-0.39, 0.29) is 11.5 Å². The Labute approximate surface area is 103 Å². The molecule has 3 rings (SSSR count). The molecule has 94 valence electrons. The lowest BCUT2D eigenvalue weighted by molar-refractivity contribution is 0.336. The van der Waals surface area contributed by atoms with Gasteiger partial charge < -0.3 is 4.52 Å². The molecule has 0 fully saturated rings. The van der Waals surface area contributed by atoms with E-state index in [1.54, 1.807) is 6.07 Å². The van der Waals surface area contributed by atoms with Crippen molar-refractivity contribution in [1.29, 1.82) is 0 Å². The maximum atomic E-state index is 11.3. The van der Waals surface area contributed by atoms with Gasteiger partial charge >= 0.3 is 0 Å². The number of H-pyrrole nitrogens is 1. The van der Waals surface area contributed by atoms with Gasteiger partial charge in [0.1, 0.15) is 0 Å². The lowest BCUT2D eigenvalue weighted by Crippen LogP contribution is -2.19. The summed E-state index contributed by atoms with van der Waals surface area (Å²) in [5.74, 6) is 1.62. The van der Waals surface area contributed by atoms with Gasteiger partial charge in [-0.05, 0) is 24.8 Å². The van der Waals surface area contributed by atoms with Crippen LogP contribution >= 0.6 is 0 Å². The molecule has 0 bridgehead atoms. The molecular weight excluding hydrogens is 232 g/mol. The number of aryl methyl sites for hydroxylation is 2. The van der Waals surface area contributed by atoms with Gasteiger partial charge in [-0.3, -0.25) is 4.79 Å². The first-order chi connectivity index (χ1) is 8.76. The van der Waals surface area contributed by atoms with Crippen LogP contribution < -0.4 is 5.56 Å². The third-order valence-corrected chi connectivity index (χ3v) is 3.32. The number of fused-ring (bicyclic) bond motifs is 1. The lowest BCUT2D eigenvalue weighted by atomic mass is 9.87. The Kier molecular flexibility index (Phi) is 2.70. The van der Waals surface area contributed by atoms with Crippen LogP contribution in [0.5, 0.6) is 0 Å². The lowest BCUT2D eigenvalue weighted by Gasteiger charge is -2.19. The van der Waals surface area contributed by atoms with Crippen molar-refractivity contribution in [1.82, 2.24) is 20.3 Å². The van der Waals surface area contributed by atoms with Crippen LogP contribution in [0.15, 0.2) is 15.4 Å². The monoisotopic (exact) mass is 246 g/mol. The van der Waals surface area contributed by atoms with Gasteiger partial charge in [-0.2, -0.15) is 10.1 Å². The van der Waals surface area contributed by atoms with Crippen LogP contribution in [-0.2, 0) is 19.3 Å². The number of aromatic nitrogens is 4. The largest absolute Gasteiger partial charge is 0.339 e. The Morgan fingerprint density at radius 3 is 3.22 bits per heavy atom. The Bertz CT molecular complexity index is 617. The maximum Gasteiger partial charge on any atom is 0.264 e. The number of nitrogens with zero attached hydrogens (tertiary/aromatic N) is 3. The summed E-state index contributed by atoms with van der Waals surface area (Å²) in [6.07, 6.45) is 3.28. The molecule has 2 aromatic heterocycles. The van der Waals surface area contributed by atoms with E-state index < -0.39 is 0 Å². The van der Waals surface area contributed by atoms with E-state index >= 15 is 0 Å². The molecule has 0 aromatic carbocycles. The minimum Gasteiger partial charge on any atom is -0.339 e. The summed E-state index contributed by atoms with van der Waals surface area (Å²) >= 11 is 0. The van der Waals surface area contributed by atoms with Gasteiger partial charge in [-0.15, -0.1) is 0 Å². The fraction of sp³-hybridized carbons (Fsp3) is 0.500. The van der Waals surface area contributed by atoms with E-state index in [0.29, 0.717) is 5.89 Å². The van der Waals surface area contributed by atoms with Crippen LogP contribution in [-0.4, -0.2) is 20.3 Å². The maximum absolute atomic E-state index is 11.3. The van der Waals surface area contributed by atoms with Gasteiger partial charge in [-0.25, -0.2) is 5.10 Å². The van der Waals surface area contributed by atoms with Crippen LogP contribution in [0, 0.1) is 0 Å². The molecule has 2 aromatic rings. The van der Waals surface area contributed by atoms with Crippen molar-refractivity contribution in [3.8, 4) is 0 Å². The van der Waals surface area contributed by atoms with Gasteiger partial charge in [0, 0.05) is 18.4 Å².